The topological polar surface area (TPSA) is 42.7 Å². The third kappa shape index (κ3) is 0.639. The van der Waals surface area contributed by atoms with Gasteiger partial charge >= 0.3 is 0 Å². The zero-order chi connectivity index (χ0) is 6.97. The monoisotopic (exact) mass is 134 g/mol. The molecule has 1 aromatic heterocycles. The third-order valence-electron chi connectivity index (χ3n) is 1.45. The molecular weight excluding hydrogens is 128 g/mol. The van der Waals surface area contributed by atoms with Crippen LogP contribution in [0.2, 0.25) is 0 Å². The molecule has 1 heterocycles. The van der Waals surface area contributed by atoms with Crippen LogP contribution in [0.15, 0.2) is 30.5 Å². The highest BCUT2D eigenvalue weighted by Crippen LogP contribution is 2.06. The molecule has 1 N–H and O–H groups in total. The molecule has 0 fully saturated rings. The summed E-state index contributed by atoms with van der Waals surface area (Å²) in [6.07, 6.45) is 1.51. The molecule has 3 heteroatoms. The summed E-state index contributed by atoms with van der Waals surface area (Å²) in [5, 5.41) is 14.2. The zero-order valence-electron chi connectivity index (χ0n) is 5.24. The average Bonchev–Trinajstić information content (AvgIpc) is 2.27. The van der Waals surface area contributed by atoms with Crippen molar-refractivity contribution in [1.29, 1.82) is 0 Å². The molecule has 1 aromatic carbocycles. The van der Waals surface area contributed by atoms with Crippen molar-refractivity contribution in [3.63, 3.8) is 0 Å². The van der Waals surface area contributed by atoms with Gasteiger partial charge in [-0.2, -0.15) is 5.10 Å². The first kappa shape index (κ1) is 5.29. The summed E-state index contributed by atoms with van der Waals surface area (Å²) >= 11 is 0. The van der Waals surface area contributed by atoms with Gasteiger partial charge in [0.1, 0.15) is 5.52 Å². The van der Waals surface area contributed by atoms with Crippen molar-refractivity contribution in [3.8, 4) is 0 Å². The van der Waals surface area contributed by atoms with Crippen molar-refractivity contribution in [1.82, 2.24) is 5.10 Å². The first-order chi connectivity index (χ1) is 4.86. The Hall–Kier alpha value is -1.51. The van der Waals surface area contributed by atoms with Crippen molar-refractivity contribution >= 4 is 10.9 Å². The molecule has 0 saturated carbocycles. The second-order valence-electron chi connectivity index (χ2n) is 2.15. The number of hydrogen-bond donors (Lipinski definition) is 1. The van der Waals surface area contributed by atoms with Gasteiger partial charge in [-0.3, -0.25) is 0 Å². The SMILES string of the molecule is [O-][n+]1cc2ccccc2[nH]1. The van der Waals surface area contributed by atoms with Gasteiger partial charge in [0.2, 0.25) is 6.20 Å². The summed E-state index contributed by atoms with van der Waals surface area (Å²) in [4.78, 5) is 0.699. The van der Waals surface area contributed by atoms with E-state index in [4.69, 9.17) is 0 Å². The Bertz CT molecular complexity index is 320. The van der Waals surface area contributed by atoms with E-state index in [1.165, 1.54) is 6.20 Å². The number of hydrogen-bond acceptors (Lipinski definition) is 1. The number of nitrogens with one attached hydrogen (secondary N) is 1. The van der Waals surface area contributed by atoms with Gasteiger partial charge in [-0.05, 0) is 12.1 Å². The summed E-state index contributed by atoms with van der Waals surface area (Å²) in [5.74, 6) is 0. The Morgan fingerprint density at radius 1 is 1.30 bits per heavy atom. The fourth-order valence-electron chi connectivity index (χ4n) is 0.989. The molecule has 0 bridgehead atoms. The molecule has 0 aliphatic heterocycles. The fraction of sp³-hybridized carbons (Fsp3) is 0. The predicted octanol–water partition coefficient (Wildman–Crippen LogP) is 0.801. The fourth-order valence-corrected chi connectivity index (χ4v) is 0.989. The number of H-pyrrole nitrogens is 1. The summed E-state index contributed by atoms with van der Waals surface area (Å²) in [6, 6.07) is 7.54. The van der Waals surface area contributed by atoms with E-state index in [2.05, 4.69) is 5.10 Å². The minimum atomic E-state index is 0.699. The van der Waals surface area contributed by atoms with Crippen molar-refractivity contribution in [2.24, 2.45) is 0 Å². The van der Waals surface area contributed by atoms with Gasteiger partial charge in [0, 0.05) is 0 Å². The van der Waals surface area contributed by atoms with E-state index >= 15 is 0 Å². The Labute approximate surface area is 57.5 Å². The van der Waals surface area contributed by atoms with Gasteiger partial charge in [-0.1, -0.05) is 17.0 Å². The van der Waals surface area contributed by atoms with Crippen molar-refractivity contribution in [3.05, 3.63) is 35.7 Å². The molecule has 0 amide bonds. The molecule has 0 spiro atoms. The minimum Gasteiger partial charge on any atom is -0.596 e. The van der Waals surface area contributed by atoms with Crippen molar-refractivity contribution < 1.29 is 4.85 Å². The van der Waals surface area contributed by atoms with Gasteiger partial charge in [-0.15, -0.1) is 0 Å². The lowest BCUT2D eigenvalue weighted by Crippen LogP contribution is -2.25. The molecule has 2 rings (SSSR count). The number of rotatable bonds is 0. The van der Waals surface area contributed by atoms with E-state index in [-0.39, 0.29) is 0 Å². The molecule has 0 radical (unpaired) electrons. The molecule has 0 aliphatic rings. The molecule has 2 aromatic rings. The van der Waals surface area contributed by atoms with Crippen LogP contribution in [0.3, 0.4) is 0 Å². The van der Waals surface area contributed by atoms with Crippen LogP contribution in [0.25, 0.3) is 10.9 Å². The molecule has 0 saturated heterocycles. The maximum atomic E-state index is 10.6. The van der Waals surface area contributed by atoms with Crippen LogP contribution in [-0.4, -0.2) is 5.10 Å². The van der Waals surface area contributed by atoms with E-state index in [1.807, 2.05) is 24.3 Å². The molecular formula is C7H6N2O. The van der Waals surface area contributed by atoms with Crippen LogP contribution in [0.4, 0.5) is 0 Å². The Kier molecular flexibility index (Phi) is 0.917. The first-order valence-corrected chi connectivity index (χ1v) is 3.03. The molecule has 50 valence electrons. The van der Waals surface area contributed by atoms with E-state index in [1.54, 1.807) is 0 Å². The maximum absolute atomic E-state index is 10.6. The van der Waals surface area contributed by atoms with E-state index in [9.17, 15) is 5.21 Å². The quantitative estimate of drug-likeness (QED) is 0.420. The summed E-state index contributed by atoms with van der Waals surface area (Å²) in [5.41, 5.74) is 0.873. The Morgan fingerprint density at radius 3 is 2.90 bits per heavy atom. The summed E-state index contributed by atoms with van der Waals surface area (Å²) < 4.78 is 0. The first-order valence-electron chi connectivity index (χ1n) is 3.03. The van der Waals surface area contributed by atoms with Gasteiger partial charge in [0.25, 0.3) is 0 Å². The lowest BCUT2D eigenvalue weighted by molar-refractivity contribution is -0.662. The van der Waals surface area contributed by atoms with Gasteiger partial charge in [0.05, 0.1) is 5.39 Å². The smallest absolute Gasteiger partial charge is 0.216 e. The number of nitrogens with zero attached hydrogens (tertiary/aromatic N) is 1. The number of benzene rings is 1. The highest BCUT2D eigenvalue weighted by molar-refractivity contribution is 5.76. The molecule has 0 aliphatic carbocycles. The lowest BCUT2D eigenvalue weighted by Gasteiger charge is -1.81. The molecule has 0 unspecified atom stereocenters. The Morgan fingerprint density at radius 2 is 2.10 bits per heavy atom. The third-order valence-corrected chi connectivity index (χ3v) is 1.45. The number of fused-ring (bicyclic) bond motifs is 1. The van der Waals surface area contributed by atoms with Gasteiger partial charge in [0.15, 0.2) is 0 Å². The molecule has 3 nitrogen and oxygen atoms in total. The van der Waals surface area contributed by atoms with E-state index in [0.717, 1.165) is 10.9 Å². The van der Waals surface area contributed by atoms with E-state index in [0.29, 0.717) is 4.85 Å². The van der Waals surface area contributed by atoms with Crippen LogP contribution < -0.4 is 4.85 Å². The van der Waals surface area contributed by atoms with Crippen LogP contribution in [0, 0.1) is 5.21 Å². The normalized spacial score (nSPS) is 10.4. The number of aromatic nitrogens is 2. The van der Waals surface area contributed by atoms with Crippen LogP contribution >= 0.6 is 0 Å². The van der Waals surface area contributed by atoms with Crippen LogP contribution in [0.5, 0.6) is 0 Å². The van der Waals surface area contributed by atoms with Gasteiger partial charge in [-0.25, -0.2) is 0 Å². The zero-order valence-corrected chi connectivity index (χ0v) is 5.24. The minimum absolute atomic E-state index is 0.699. The second-order valence-corrected chi connectivity index (χ2v) is 2.15. The lowest BCUT2D eigenvalue weighted by atomic mass is 10.3. The highest BCUT2D eigenvalue weighted by atomic mass is 16.5. The standard InChI is InChI=1S/C7H6N2O/c10-9-5-6-3-1-2-4-7(6)8-9/h1-5,8H. The van der Waals surface area contributed by atoms with Crippen molar-refractivity contribution in [2.45, 2.75) is 0 Å². The van der Waals surface area contributed by atoms with Crippen LogP contribution in [0.1, 0.15) is 0 Å². The summed E-state index contributed by atoms with van der Waals surface area (Å²) in [6.45, 7) is 0. The molecule has 0 atom stereocenters. The van der Waals surface area contributed by atoms with Crippen LogP contribution in [-0.2, 0) is 0 Å². The maximum Gasteiger partial charge on any atom is 0.216 e. The largest absolute Gasteiger partial charge is 0.596 e. The number of para-hydroxylation sites is 1. The average molecular weight is 134 g/mol. The Balaban J connectivity index is 2.88. The summed E-state index contributed by atoms with van der Waals surface area (Å²) in [7, 11) is 0. The van der Waals surface area contributed by atoms with E-state index < -0.39 is 0 Å². The highest BCUT2D eigenvalue weighted by Gasteiger charge is 1.97. The van der Waals surface area contributed by atoms with Gasteiger partial charge < -0.3 is 5.21 Å². The molecule has 10 heavy (non-hydrogen) atoms. The van der Waals surface area contributed by atoms with Crippen molar-refractivity contribution in [2.75, 3.05) is 0 Å². The second kappa shape index (κ2) is 1.73. The number of aromatic amines is 1. The predicted molar refractivity (Wildman–Crippen MR) is 37.3 cm³/mol.